The number of ether oxygens (including phenoxy) is 1. The van der Waals surface area contributed by atoms with E-state index in [9.17, 15) is 9.36 Å². The highest BCUT2D eigenvalue weighted by molar-refractivity contribution is 7.83. The van der Waals surface area contributed by atoms with Crippen molar-refractivity contribution in [2.24, 2.45) is 0 Å². The van der Waals surface area contributed by atoms with Crippen LogP contribution >= 0.6 is 18.1 Å². The van der Waals surface area contributed by atoms with Crippen molar-refractivity contribution in [2.45, 2.75) is 32.7 Å². The van der Waals surface area contributed by atoms with Gasteiger partial charge in [-0.3, -0.25) is 0 Å². The normalized spacial score (nSPS) is 15.0. The molecule has 0 fully saturated rings. The summed E-state index contributed by atoms with van der Waals surface area (Å²) in [4.78, 5) is 10.3. The smallest absolute Gasteiger partial charge is 0.409 e. The van der Waals surface area contributed by atoms with Crippen LogP contribution in [0.1, 0.15) is 26.7 Å². The van der Waals surface area contributed by atoms with Gasteiger partial charge in [0, 0.05) is 25.0 Å². The van der Waals surface area contributed by atoms with Gasteiger partial charge in [0.1, 0.15) is 12.0 Å². The second kappa shape index (κ2) is 14.1. The molecule has 5 nitrogen and oxygen atoms in total. The van der Waals surface area contributed by atoms with Gasteiger partial charge < -0.3 is 14.1 Å². The van der Waals surface area contributed by atoms with Crippen molar-refractivity contribution in [3.63, 3.8) is 0 Å². The molecule has 1 N–H and O–H groups in total. The molecule has 0 amide bonds. The molecule has 0 aromatic rings. The number of nitrogens with one attached hydrogen (secondary N) is 1. The maximum atomic E-state index is 11.6. The molecule has 0 aliphatic heterocycles. The second-order valence-electron chi connectivity index (χ2n) is 3.98. The van der Waals surface area contributed by atoms with Crippen LogP contribution in [0.25, 0.3) is 0 Å². The van der Waals surface area contributed by atoms with E-state index in [1.807, 2.05) is 0 Å². The highest BCUT2D eigenvalue weighted by atomic mass is 35.7. The molecule has 0 aliphatic rings. The number of hydrogen-bond acceptors (Lipinski definition) is 4. The Morgan fingerprint density at radius 1 is 1.48 bits per heavy atom. The van der Waals surface area contributed by atoms with Crippen LogP contribution in [-0.4, -0.2) is 26.0 Å². The molecule has 0 aromatic heterocycles. The fraction of sp³-hybridized carbons (Fsp3) is 0.500. The van der Waals surface area contributed by atoms with E-state index >= 15 is 0 Å². The third-order valence-corrected chi connectivity index (χ3v) is 3.63. The molecule has 0 rings (SSSR count). The van der Waals surface area contributed by atoms with Crippen LogP contribution in [0.5, 0.6) is 0 Å². The van der Waals surface area contributed by atoms with Gasteiger partial charge >= 0.3 is 6.87 Å². The molecule has 0 aliphatic carbocycles. The van der Waals surface area contributed by atoms with E-state index in [-0.39, 0.29) is 5.76 Å². The zero-order valence-electron chi connectivity index (χ0n) is 12.9. The van der Waals surface area contributed by atoms with E-state index < -0.39 is 12.9 Å². The van der Waals surface area contributed by atoms with Crippen LogP contribution in [0.4, 0.5) is 0 Å². The standard InChI is InChI=1S/C9H13ClNO3P.C5H12O/c1-4-6-9(5-2)14-15(10,13)11-8(3)7-12;1-3-4-5-6-2/h4-8H,1-2H2,3H3,(H,11,13);3-5H2,1-2H3/b9-6+;/t8-,15?;/m0./s1. The number of carbonyl (C=O) groups excluding carboxylic acids is 1. The van der Waals surface area contributed by atoms with Crippen molar-refractivity contribution in [3.05, 3.63) is 37.1 Å². The van der Waals surface area contributed by atoms with E-state index in [4.69, 9.17) is 20.5 Å². The van der Waals surface area contributed by atoms with Crippen LogP contribution in [0.3, 0.4) is 0 Å². The summed E-state index contributed by atoms with van der Waals surface area (Å²) >= 11 is 5.56. The number of hydrogen-bond donors (Lipinski definition) is 1. The van der Waals surface area contributed by atoms with Gasteiger partial charge in [0.15, 0.2) is 0 Å². The van der Waals surface area contributed by atoms with Crippen molar-refractivity contribution >= 4 is 24.4 Å². The predicted octanol–water partition coefficient (Wildman–Crippen LogP) is 4.22. The second-order valence-corrected chi connectivity index (χ2v) is 6.72. The SMILES string of the molecule is C=C/C=C(\C=C)OP(=O)(Cl)N[C@@H](C)C=O.CCCCOC. The monoisotopic (exact) mass is 337 g/mol. The average Bonchev–Trinajstić information content (AvgIpc) is 2.44. The number of carbonyl (C=O) groups is 1. The van der Waals surface area contributed by atoms with Crippen molar-refractivity contribution in [1.29, 1.82) is 0 Å². The van der Waals surface area contributed by atoms with Gasteiger partial charge in [0.25, 0.3) is 0 Å². The number of allylic oxidation sites excluding steroid dienone is 3. The zero-order chi connectivity index (χ0) is 16.7. The molecule has 1 unspecified atom stereocenters. The van der Waals surface area contributed by atoms with Crippen molar-refractivity contribution in [3.8, 4) is 0 Å². The fourth-order valence-electron chi connectivity index (χ4n) is 0.976. The maximum absolute atomic E-state index is 11.6. The van der Waals surface area contributed by atoms with E-state index in [2.05, 4.69) is 25.2 Å². The average molecular weight is 338 g/mol. The number of rotatable bonds is 10. The highest BCUT2D eigenvalue weighted by Gasteiger charge is 2.23. The van der Waals surface area contributed by atoms with Gasteiger partial charge in [-0.1, -0.05) is 32.6 Å². The molecule has 2 atom stereocenters. The van der Waals surface area contributed by atoms with E-state index in [1.54, 1.807) is 7.11 Å². The Morgan fingerprint density at radius 2 is 2.10 bits per heavy atom. The summed E-state index contributed by atoms with van der Waals surface area (Å²) in [5.41, 5.74) is 0. The first kappa shape index (κ1) is 22.4. The minimum atomic E-state index is -3.56. The zero-order valence-corrected chi connectivity index (χ0v) is 14.5. The first-order valence-electron chi connectivity index (χ1n) is 6.53. The van der Waals surface area contributed by atoms with E-state index in [1.165, 1.54) is 38.0 Å². The molecule has 0 bridgehead atoms. The molecule has 0 saturated carbocycles. The summed E-state index contributed by atoms with van der Waals surface area (Å²) in [7, 11) is 1.73. The third kappa shape index (κ3) is 15.3. The summed E-state index contributed by atoms with van der Waals surface area (Å²) < 4.78 is 21.3. The van der Waals surface area contributed by atoms with Crippen molar-refractivity contribution in [1.82, 2.24) is 5.09 Å². The first-order valence-corrected chi connectivity index (χ1v) is 9.06. The Balaban J connectivity index is 0. The van der Waals surface area contributed by atoms with Crippen molar-refractivity contribution < 1.29 is 18.6 Å². The molecule has 21 heavy (non-hydrogen) atoms. The summed E-state index contributed by atoms with van der Waals surface area (Å²) in [5, 5.41) is 2.34. The number of halogens is 1. The summed E-state index contributed by atoms with van der Waals surface area (Å²) in [6, 6.07) is -0.650. The lowest BCUT2D eigenvalue weighted by molar-refractivity contribution is -0.108. The van der Waals surface area contributed by atoms with Crippen LogP contribution < -0.4 is 5.09 Å². The first-order chi connectivity index (χ1) is 9.86. The molecule has 0 aromatic carbocycles. The van der Waals surface area contributed by atoms with Gasteiger partial charge in [-0.05, 0) is 25.5 Å². The summed E-state index contributed by atoms with van der Waals surface area (Å²) in [5.74, 6) is 0.217. The maximum Gasteiger partial charge on any atom is 0.409 e. The molecule has 0 radical (unpaired) electrons. The molecule has 122 valence electrons. The van der Waals surface area contributed by atoms with Crippen molar-refractivity contribution in [2.75, 3.05) is 13.7 Å². The van der Waals surface area contributed by atoms with Gasteiger partial charge in [0.2, 0.25) is 0 Å². The minimum absolute atomic E-state index is 0.217. The molecule has 0 saturated heterocycles. The Kier molecular flexibility index (Phi) is 15.0. The number of methoxy groups -OCH3 is 1. The Hall–Kier alpha value is -0.870. The molecular formula is C14H25ClNO4P. The number of unbranched alkanes of at least 4 members (excludes halogenated alkanes) is 1. The Labute approximate surface area is 132 Å². The Morgan fingerprint density at radius 3 is 2.43 bits per heavy atom. The van der Waals surface area contributed by atoms with E-state index in [0.717, 1.165) is 6.61 Å². The molecule has 7 heteroatoms. The predicted molar refractivity (Wildman–Crippen MR) is 88.5 cm³/mol. The van der Waals surface area contributed by atoms with E-state index in [0.29, 0.717) is 6.29 Å². The fourth-order valence-corrected chi connectivity index (χ4v) is 2.68. The van der Waals surface area contributed by atoms with Gasteiger partial charge in [-0.25, -0.2) is 9.65 Å². The topological polar surface area (TPSA) is 64.6 Å². The van der Waals surface area contributed by atoms with Gasteiger partial charge in [-0.15, -0.1) is 0 Å². The third-order valence-electron chi connectivity index (χ3n) is 1.97. The lowest BCUT2D eigenvalue weighted by atomic mass is 10.4. The molecular weight excluding hydrogens is 313 g/mol. The molecule has 0 heterocycles. The Bertz CT molecular complexity index is 381. The van der Waals surface area contributed by atoms with Crippen LogP contribution in [0.2, 0.25) is 0 Å². The lowest BCUT2D eigenvalue weighted by Gasteiger charge is -2.15. The van der Waals surface area contributed by atoms with Gasteiger partial charge in [-0.2, -0.15) is 0 Å². The molecule has 0 spiro atoms. The quantitative estimate of drug-likeness (QED) is 0.213. The van der Waals surface area contributed by atoms with Crippen LogP contribution in [-0.2, 0) is 18.6 Å². The van der Waals surface area contributed by atoms with Crippen LogP contribution in [0, 0.1) is 0 Å². The highest BCUT2D eigenvalue weighted by Crippen LogP contribution is 2.50. The minimum Gasteiger partial charge on any atom is -0.422 e. The largest absolute Gasteiger partial charge is 0.422 e. The number of aldehydes is 1. The summed E-state index contributed by atoms with van der Waals surface area (Å²) in [6.07, 6.45) is 7.23. The van der Waals surface area contributed by atoms with Crippen LogP contribution in [0.15, 0.2) is 37.1 Å². The summed E-state index contributed by atoms with van der Waals surface area (Å²) in [6.45, 7) is 7.90. The van der Waals surface area contributed by atoms with Gasteiger partial charge in [0.05, 0.1) is 6.04 Å². The lowest BCUT2D eigenvalue weighted by Crippen LogP contribution is -2.23.